The summed E-state index contributed by atoms with van der Waals surface area (Å²) in [6.45, 7) is 2.39. The Bertz CT molecular complexity index is 1370. The van der Waals surface area contributed by atoms with Crippen LogP contribution in [0.15, 0.2) is 88.9 Å². The van der Waals surface area contributed by atoms with Crippen LogP contribution in [0.2, 0.25) is 0 Å². The van der Waals surface area contributed by atoms with Gasteiger partial charge in [0.05, 0.1) is 19.9 Å². The van der Waals surface area contributed by atoms with Gasteiger partial charge in [0.1, 0.15) is 11.3 Å². The van der Waals surface area contributed by atoms with Gasteiger partial charge in [-0.1, -0.05) is 60.2 Å². The highest BCUT2D eigenvalue weighted by Crippen LogP contribution is 2.26. The number of nitrogens with zero attached hydrogens (tertiary/aromatic N) is 2. The third-order valence-corrected chi connectivity index (χ3v) is 5.21. The molecule has 6 heteroatoms. The molecule has 0 aliphatic carbocycles. The van der Waals surface area contributed by atoms with Gasteiger partial charge in [0, 0.05) is 11.8 Å². The third kappa shape index (κ3) is 4.44. The fraction of sp³-hybridized carbons (Fsp3) is 0.115. The first kappa shape index (κ1) is 21.1. The number of aromatic nitrogens is 1. The number of nitrogens with one attached hydrogen (secondary N) is 1. The van der Waals surface area contributed by atoms with Gasteiger partial charge in [-0.15, -0.1) is 0 Å². The lowest BCUT2D eigenvalue weighted by molar-refractivity contribution is 0.0953. The Labute approximate surface area is 185 Å². The van der Waals surface area contributed by atoms with Gasteiger partial charge in [0.2, 0.25) is 0 Å². The molecule has 0 unspecified atom stereocenters. The Morgan fingerprint density at radius 2 is 1.91 bits per heavy atom. The topological polar surface area (TPSA) is 72.7 Å². The van der Waals surface area contributed by atoms with Gasteiger partial charge in [0.15, 0.2) is 0 Å². The van der Waals surface area contributed by atoms with Gasteiger partial charge < -0.3 is 9.30 Å². The molecular formula is C26H23N3O3. The zero-order valence-corrected chi connectivity index (χ0v) is 17.9. The molecule has 0 radical (unpaired) electrons. The van der Waals surface area contributed by atoms with Crippen molar-refractivity contribution in [3.63, 3.8) is 0 Å². The van der Waals surface area contributed by atoms with E-state index in [2.05, 4.69) is 10.5 Å². The molecule has 0 aliphatic rings. The summed E-state index contributed by atoms with van der Waals surface area (Å²) in [4.78, 5) is 25.5. The smallest absolute Gasteiger partial charge is 0.276 e. The Balaban J connectivity index is 1.56. The lowest BCUT2D eigenvalue weighted by Gasteiger charge is -2.09. The SMILES string of the molecule is COc1ccc2ccccc2c1/C=N\NC(=O)c1cccn(Cc2cccc(C)c2)c1=O. The molecule has 4 rings (SSSR count). The van der Waals surface area contributed by atoms with Crippen LogP contribution < -0.4 is 15.7 Å². The maximum absolute atomic E-state index is 12.8. The second-order valence-corrected chi connectivity index (χ2v) is 7.45. The van der Waals surface area contributed by atoms with Crippen LogP contribution in [-0.4, -0.2) is 23.8 Å². The number of carbonyl (C=O) groups excluding carboxylic acids is 1. The first-order chi connectivity index (χ1) is 15.6. The van der Waals surface area contributed by atoms with Crippen LogP contribution in [0.3, 0.4) is 0 Å². The molecule has 1 N–H and O–H groups in total. The van der Waals surface area contributed by atoms with Crippen molar-refractivity contribution in [3.8, 4) is 5.75 Å². The molecule has 1 heterocycles. The molecule has 32 heavy (non-hydrogen) atoms. The summed E-state index contributed by atoms with van der Waals surface area (Å²) in [5.74, 6) is 0.0750. The van der Waals surface area contributed by atoms with Crippen molar-refractivity contribution in [2.24, 2.45) is 5.10 Å². The van der Waals surface area contributed by atoms with E-state index < -0.39 is 5.91 Å². The second-order valence-electron chi connectivity index (χ2n) is 7.45. The lowest BCUT2D eigenvalue weighted by atomic mass is 10.0. The fourth-order valence-electron chi connectivity index (χ4n) is 3.64. The quantitative estimate of drug-likeness (QED) is 0.373. The van der Waals surface area contributed by atoms with Gasteiger partial charge in [-0.05, 0) is 41.5 Å². The van der Waals surface area contributed by atoms with Crippen molar-refractivity contribution in [3.05, 3.63) is 112 Å². The molecule has 0 spiro atoms. The van der Waals surface area contributed by atoms with Gasteiger partial charge in [-0.3, -0.25) is 9.59 Å². The molecule has 4 aromatic rings. The van der Waals surface area contributed by atoms with E-state index in [1.807, 2.05) is 67.6 Å². The molecule has 1 amide bonds. The minimum Gasteiger partial charge on any atom is -0.496 e. The number of hydrazone groups is 1. The van der Waals surface area contributed by atoms with E-state index in [-0.39, 0.29) is 11.1 Å². The number of rotatable bonds is 6. The van der Waals surface area contributed by atoms with Crippen molar-refractivity contribution in [1.29, 1.82) is 0 Å². The third-order valence-electron chi connectivity index (χ3n) is 5.21. The van der Waals surface area contributed by atoms with Crippen LogP contribution in [0.4, 0.5) is 0 Å². The number of methoxy groups -OCH3 is 1. The lowest BCUT2D eigenvalue weighted by Crippen LogP contribution is -2.30. The molecule has 0 atom stereocenters. The molecule has 6 nitrogen and oxygen atoms in total. The number of amides is 1. The van der Waals surface area contributed by atoms with E-state index >= 15 is 0 Å². The number of ether oxygens (including phenoxy) is 1. The number of hydrogen-bond acceptors (Lipinski definition) is 4. The summed E-state index contributed by atoms with van der Waals surface area (Å²) in [6.07, 6.45) is 3.21. The molecule has 160 valence electrons. The van der Waals surface area contributed by atoms with E-state index in [1.165, 1.54) is 16.8 Å². The molecule has 0 aliphatic heterocycles. The summed E-state index contributed by atoms with van der Waals surface area (Å²) in [5.41, 5.74) is 4.98. The highest BCUT2D eigenvalue weighted by molar-refractivity contribution is 6.03. The number of hydrogen-bond donors (Lipinski definition) is 1. The molecule has 1 aromatic heterocycles. The first-order valence-corrected chi connectivity index (χ1v) is 10.2. The van der Waals surface area contributed by atoms with Crippen LogP contribution in [0, 0.1) is 6.92 Å². The van der Waals surface area contributed by atoms with Crippen molar-refractivity contribution in [1.82, 2.24) is 9.99 Å². The molecule has 3 aromatic carbocycles. The summed E-state index contributed by atoms with van der Waals surface area (Å²) >= 11 is 0. The predicted octanol–water partition coefficient (Wildman–Crippen LogP) is 4.13. The van der Waals surface area contributed by atoms with Crippen LogP contribution in [0.5, 0.6) is 5.75 Å². The Morgan fingerprint density at radius 3 is 2.72 bits per heavy atom. The molecule has 0 saturated heterocycles. The van der Waals surface area contributed by atoms with Crippen molar-refractivity contribution in [2.75, 3.05) is 7.11 Å². The predicted molar refractivity (Wildman–Crippen MR) is 127 cm³/mol. The maximum Gasteiger partial charge on any atom is 0.276 e. The number of fused-ring (bicyclic) bond motifs is 1. The number of pyridine rings is 1. The van der Waals surface area contributed by atoms with Crippen LogP contribution in [-0.2, 0) is 6.54 Å². The fourth-order valence-corrected chi connectivity index (χ4v) is 3.64. The molecular weight excluding hydrogens is 402 g/mol. The summed E-state index contributed by atoms with van der Waals surface area (Å²) in [7, 11) is 1.58. The number of aryl methyl sites for hydroxylation is 1. The highest BCUT2D eigenvalue weighted by atomic mass is 16.5. The van der Waals surface area contributed by atoms with Crippen molar-refractivity contribution < 1.29 is 9.53 Å². The van der Waals surface area contributed by atoms with Crippen molar-refractivity contribution in [2.45, 2.75) is 13.5 Å². The number of benzene rings is 3. The van der Waals surface area contributed by atoms with E-state index in [4.69, 9.17) is 4.74 Å². The highest BCUT2D eigenvalue weighted by Gasteiger charge is 2.12. The summed E-state index contributed by atoms with van der Waals surface area (Å²) in [5, 5.41) is 6.07. The summed E-state index contributed by atoms with van der Waals surface area (Å²) in [6, 6.07) is 22.7. The largest absolute Gasteiger partial charge is 0.496 e. The van der Waals surface area contributed by atoms with Gasteiger partial charge >= 0.3 is 0 Å². The Morgan fingerprint density at radius 1 is 1.06 bits per heavy atom. The average molecular weight is 425 g/mol. The maximum atomic E-state index is 12.8. The second kappa shape index (κ2) is 9.31. The van der Waals surface area contributed by atoms with Gasteiger partial charge in [0.25, 0.3) is 11.5 Å². The van der Waals surface area contributed by atoms with E-state index in [1.54, 1.807) is 19.4 Å². The molecule has 0 bridgehead atoms. The van der Waals surface area contributed by atoms with Gasteiger partial charge in [-0.2, -0.15) is 5.10 Å². The monoisotopic (exact) mass is 425 g/mol. The van der Waals surface area contributed by atoms with E-state index in [9.17, 15) is 9.59 Å². The zero-order valence-electron chi connectivity index (χ0n) is 17.9. The minimum absolute atomic E-state index is 0.0298. The molecule has 0 saturated carbocycles. The van der Waals surface area contributed by atoms with E-state index in [0.717, 1.165) is 27.5 Å². The average Bonchev–Trinajstić information content (AvgIpc) is 2.80. The van der Waals surface area contributed by atoms with Crippen LogP contribution in [0.1, 0.15) is 27.0 Å². The van der Waals surface area contributed by atoms with Crippen LogP contribution >= 0.6 is 0 Å². The Kier molecular flexibility index (Phi) is 6.12. The van der Waals surface area contributed by atoms with Crippen LogP contribution in [0.25, 0.3) is 10.8 Å². The van der Waals surface area contributed by atoms with Gasteiger partial charge in [-0.25, -0.2) is 5.43 Å². The molecule has 0 fully saturated rings. The van der Waals surface area contributed by atoms with Crippen molar-refractivity contribution >= 4 is 22.9 Å². The van der Waals surface area contributed by atoms with E-state index in [0.29, 0.717) is 12.3 Å². The summed E-state index contributed by atoms with van der Waals surface area (Å²) < 4.78 is 6.95. The normalized spacial score (nSPS) is 11.1. The first-order valence-electron chi connectivity index (χ1n) is 10.2. The zero-order chi connectivity index (χ0) is 22.5. The minimum atomic E-state index is -0.566. The number of carbonyl (C=O) groups is 1. The standard InChI is InChI=1S/C26H23N3O3/c1-18-7-5-8-19(15-18)17-29-14-6-11-22(26(29)31)25(30)28-27-16-23-21-10-4-3-9-20(21)12-13-24(23)32-2/h3-16H,17H2,1-2H3,(H,28,30)/b27-16-. The Hall–Kier alpha value is -4.19.